The number of fused-ring (bicyclic) bond motifs is 1. The van der Waals surface area contributed by atoms with Gasteiger partial charge >= 0.3 is 5.97 Å². The maximum absolute atomic E-state index is 12.1. The van der Waals surface area contributed by atoms with Crippen LogP contribution in [0, 0.1) is 0 Å². The first-order valence-corrected chi connectivity index (χ1v) is 7.86. The van der Waals surface area contributed by atoms with Crippen LogP contribution in [-0.2, 0) is 16.0 Å². The Labute approximate surface area is 126 Å². The zero-order chi connectivity index (χ0) is 15.4. The van der Waals surface area contributed by atoms with Gasteiger partial charge in [-0.2, -0.15) is 11.8 Å². The van der Waals surface area contributed by atoms with Crippen molar-refractivity contribution >= 4 is 35.2 Å². The van der Waals surface area contributed by atoms with E-state index in [1.807, 2.05) is 6.26 Å². The van der Waals surface area contributed by atoms with Crippen molar-refractivity contribution in [2.75, 3.05) is 17.3 Å². The van der Waals surface area contributed by atoms with E-state index in [0.29, 0.717) is 29.8 Å². The van der Waals surface area contributed by atoms with Gasteiger partial charge in [-0.1, -0.05) is 6.07 Å². The van der Waals surface area contributed by atoms with E-state index >= 15 is 0 Å². The molecule has 0 bridgehead atoms. The van der Waals surface area contributed by atoms with Gasteiger partial charge in [0.2, 0.25) is 5.91 Å². The molecule has 3 N–H and O–H groups in total. The van der Waals surface area contributed by atoms with Crippen LogP contribution in [0.2, 0.25) is 0 Å². The lowest BCUT2D eigenvalue weighted by Crippen LogP contribution is -2.41. The van der Waals surface area contributed by atoms with Crippen LogP contribution in [-0.4, -0.2) is 40.9 Å². The second-order valence-corrected chi connectivity index (χ2v) is 5.73. The van der Waals surface area contributed by atoms with Crippen LogP contribution < -0.4 is 10.6 Å². The van der Waals surface area contributed by atoms with Gasteiger partial charge in [-0.3, -0.25) is 9.59 Å². The Morgan fingerprint density at radius 2 is 2.24 bits per heavy atom. The van der Waals surface area contributed by atoms with Gasteiger partial charge in [-0.15, -0.1) is 0 Å². The Morgan fingerprint density at radius 3 is 2.90 bits per heavy atom. The maximum Gasteiger partial charge on any atom is 0.326 e. The number of carbonyl (C=O) groups excluding carboxylic acids is 2. The topological polar surface area (TPSA) is 95.5 Å². The molecule has 0 fully saturated rings. The molecular formula is C14H16N2O4S. The highest BCUT2D eigenvalue weighted by Gasteiger charge is 2.22. The fraction of sp³-hybridized carbons (Fsp3) is 0.357. The average molecular weight is 308 g/mol. The normalized spacial score (nSPS) is 14.2. The standard InChI is InChI=1S/C14H16N2O4S/c1-21-5-4-10(14(19)20)16-13(18)9-3-2-8-7-12(17)15-11(8)6-9/h2-3,6,10H,4-5,7H2,1H3,(H,15,17)(H,16,18)(H,19,20)/t10-/m0/s1. The second-order valence-electron chi connectivity index (χ2n) is 4.74. The highest BCUT2D eigenvalue weighted by atomic mass is 32.2. The van der Waals surface area contributed by atoms with Gasteiger partial charge in [0.15, 0.2) is 0 Å². The van der Waals surface area contributed by atoms with Crippen molar-refractivity contribution in [3.63, 3.8) is 0 Å². The van der Waals surface area contributed by atoms with Crippen LogP contribution in [0.15, 0.2) is 18.2 Å². The van der Waals surface area contributed by atoms with E-state index in [9.17, 15) is 14.4 Å². The number of hydrogen-bond donors (Lipinski definition) is 3. The van der Waals surface area contributed by atoms with Crippen LogP contribution >= 0.6 is 11.8 Å². The van der Waals surface area contributed by atoms with E-state index < -0.39 is 17.9 Å². The first-order valence-electron chi connectivity index (χ1n) is 6.46. The van der Waals surface area contributed by atoms with Crippen LogP contribution in [0.3, 0.4) is 0 Å². The SMILES string of the molecule is CSCC[C@H](NC(=O)c1ccc2c(c1)NC(=O)C2)C(=O)O. The minimum Gasteiger partial charge on any atom is -0.480 e. The van der Waals surface area contributed by atoms with Crippen LogP contribution in [0.1, 0.15) is 22.3 Å². The first kappa shape index (κ1) is 15.4. The third-order valence-electron chi connectivity index (χ3n) is 3.21. The molecule has 1 heterocycles. The van der Waals surface area contributed by atoms with Gasteiger partial charge in [-0.25, -0.2) is 4.79 Å². The summed E-state index contributed by atoms with van der Waals surface area (Å²) in [5, 5.41) is 14.3. The van der Waals surface area contributed by atoms with Gasteiger partial charge in [0.1, 0.15) is 6.04 Å². The molecular weight excluding hydrogens is 292 g/mol. The molecule has 0 saturated heterocycles. The maximum atomic E-state index is 12.1. The lowest BCUT2D eigenvalue weighted by molar-refractivity contribution is -0.139. The molecule has 112 valence electrons. The molecule has 6 nitrogen and oxygen atoms in total. The molecule has 0 aromatic heterocycles. The third-order valence-corrected chi connectivity index (χ3v) is 3.86. The van der Waals surface area contributed by atoms with Crippen molar-refractivity contribution in [1.29, 1.82) is 0 Å². The number of thioether (sulfide) groups is 1. The zero-order valence-electron chi connectivity index (χ0n) is 11.5. The van der Waals surface area contributed by atoms with E-state index in [-0.39, 0.29) is 5.91 Å². The Hall–Kier alpha value is -2.02. The molecule has 21 heavy (non-hydrogen) atoms. The van der Waals surface area contributed by atoms with Crippen LogP contribution in [0.25, 0.3) is 0 Å². The lowest BCUT2D eigenvalue weighted by Gasteiger charge is -2.14. The summed E-state index contributed by atoms with van der Waals surface area (Å²) in [7, 11) is 0. The molecule has 0 saturated carbocycles. The number of rotatable bonds is 6. The number of benzene rings is 1. The lowest BCUT2D eigenvalue weighted by atomic mass is 10.1. The van der Waals surface area contributed by atoms with Crippen molar-refractivity contribution in [3.05, 3.63) is 29.3 Å². The van der Waals surface area contributed by atoms with Gasteiger partial charge in [0.25, 0.3) is 5.91 Å². The second kappa shape index (κ2) is 6.62. The van der Waals surface area contributed by atoms with E-state index in [1.54, 1.807) is 18.2 Å². The third kappa shape index (κ3) is 3.75. The number of carbonyl (C=O) groups is 3. The smallest absolute Gasteiger partial charge is 0.326 e. The number of aliphatic carboxylic acids is 1. The number of hydrogen-bond acceptors (Lipinski definition) is 4. The van der Waals surface area contributed by atoms with E-state index in [0.717, 1.165) is 5.56 Å². The predicted octanol–water partition coefficient (Wildman–Crippen LogP) is 1.12. The monoisotopic (exact) mass is 308 g/mol. The molecule has 0 aliphatic carbocycles. The summed E-state index contributed by atoms with van der Waals surface area (Å²) in [6.07, 6.45) is 2.55. The van der Waals surface area contributed by atoms with Gasteiger partial charge in [0, 0.05) is 11.3 Å². The minimum atomic E-state index is -1.05. The summed E-state index contributed by atoms with van der Waals surface area (Å²) in [5.74, 6) is -0.956. The van der Waals surface area contributed by atoms with E-state index in [1.165, 1.54) is 11.8 Å². The Kier molecular flexibility index (Phi) is 4.85. The van der Waals surface area contributed by atoms with Crippen molar-refractivity contribution in [3.8, 4) is 0 Å². The van der Waals surface area contributed by atoms with Crippen molar-refractivity contribution in [2.24, 2.45) is 0 Å². The summed E-state index contributed by atoms with van der Waals surface area (Å²) in [6, 6.07) is 3.97. The molecule has 0 spiro atoms. The quantitative estimate of drug-likeness (QED) is 0.732. The number of carboxylic acid groups (broad SMARTS) is 1. The summed E-state index contributed by atoms with van der Waals surface area (Å²) < 4.78 is 0. The Morgan fingerprint density at radius 1 is 1.48 bits per heavy atom. The predicted molar refractivity (Wildman–Crippen MR) is 80.7 cm³/mol. The van der Waals surface area contributed by atoms with Crippen molar-refractivity contribution in [2.45, 2.75) is 18.9 Å². The van der Waals surface area contributed by atoms with Gasteiger partial charge in [-0.05, 0) is 36.1 Å². The molecule has 2 amide bonds. The van der Waals surface area contributed by atoms with Crippen LogP contribution in [0.4, 0.5) is 5.69 Å². The highest BCUT2D eigenvalue weighted by Crippen LogP contribution is 2.24. The van der Waals surface area contributed by atoms with Gasteiger partial charge in [0.05, 0.1) is 6.42 Å². The molecule has 1 aliphatic heterocycles. The first-order chi connectivity index (χ1) is 10.0. The van der Waals surface area contributed by atoms with Crippen molar-refractivity contribution < 1.29 is 19.5 Å². The fourth-order valence-corrected chi connectivity index (χ4v) is 2.56. The fourth-order valence-electron chi connectivity index (χ4n) is 2.09. The summed E-state index contributed by atoms with van der Waals surface area (Å²) >= 11 is 1.52. The number of carboxylic acids is 1. The average Bonchev–Trinajstić information content (AvgIpc) is 2.81. The molecule has 0 radical (unpaired) electrons. The molecule has 0 unspecified atom stereocenters. The molecule has 2 rings (SSSR count). The van der Waals surface area contributed by atoms with Gasteiger partial charge < -0.3 is 15.7 Å². The molecule has 7 heteroatoms. The summed E-state index contributed by atoms with van der Waals surface area (Å²) in [6.45, 7) is 0. The summed E-state index contributed by atoms with van der Waals surface area (Å²) in [5.41, 5.74) is 1.80. The summed E-state index contributed by atoms with van der Waals surface area (Å²) in [4.78, 5) is 34.5. The molecule has 1 aromatic rings. The Bertz CT molecular complexity index is 588. The number of anilines is 1. The zero-order valence-corrected chi connectivity index (χ0v) is 12.3. The van der Waals surface area contributed by atoms with Crippen molar-refractivity contribution in [1.82, 2.24) is 5.32 Å². The van der Waals surface area contributed by atoms with E-state index in [4.69, 9.17) is 5.11 Å². The minimum absolute atomic E-state index is 0.106. The molecule has 1 atom stereocenters. The number of nitrogens with one attached hydrogen (secondary N) is 2. The largest absolute Gasteiger partial charge is 0.480 e. The highest BCUT2D eigenvalue weighted by molar-refractivity contribution is 7.98. The number of amides is 2. The molecule has 1 aromatic carbocycles. The molecule has 1 aliphatic rings. The van der Waals surface area contributed by atoms with E-state index in [2.05, 4.69) is 10.6 Å². The van der Waals surface area contributed by atoms with Crippen LogP contribution in [0.5, 0.6) is 0 Å². The Balaban J connectivity index is 2.07.